The lowest BCUT2D eigenvalue weighted by Gasteiger charge is -2.13. The largest absolute Gasteiger partial charge is 0.364 e. The van der Waals surface area contributed by atoms with E-state index in [0.29, 0.717) is 24.1 Å². The van der Waals surface area contributed by atoms with Crippen LogP contribution in [0.2, 0.25) is 0 Å². The fourth-order valence-corrected chi connectivity index (χ4v) is 3.34. The van der Waals surface area contributed by atoms with Crippen molar-refractivity contribution in [2.24, 2.45) is 0 Å². The highest BCUT2D eigenvalue weighted by molar-refractivity contribution is 7.88. The van der Waals surface area contributed by atoms with Crippen LogP contribution in [0.25, 0.3) is 0 Å². The van der Waals surface area contributed by atoms with Crippen molar-refractivity contribution in [3.05, 3.63) is 53.4 Å². The number of sulfonamides is 1. The molecule has 0 radical (unpaired) electrons. The fourth-order valence-electron chi connectivity index (χ4n) is 1.99. The van der Waals surface area contributed by atoms with Gasteiger partial charge in [0.15, 0.2) is 11.6 Å². The molecule has 0 aliphatic heterocycles. The SMILES string of the molecule is C[C@H](CCc1ccc(F)c(F)c1)NS(=O)(=O)Cc1ccon1. The van der Waals surface area contributed by atoms with E-state index < -0.39 is 21.7 Å². The Morgan fingerprint density at radius 3 is 2.68 bits per heavy atom. The molecule has 1 heterocycles. The number of hydrogen-bond acceptors (Lipinski definition) is 4. The number of nitrogens with zero attached hydrogens (tertiary/aromatic N) is 1. The van der Waals surface area contributed by atoms with E-state index in [2.05, 4.69) is 14.4 Å². The summed E-state index contributed by atoms with van der Waals surface area (Å²) in [5.74, 6) is -2.07. The molecule has 2 aromatic rings. The van der Waals surface area contributed by atoms with E-state index in [4.69, 9.17) is 0 Å². The van der Waals surface area contributed by atoms with Crippen LogP contribution in [-0.2, 0) is 22.2 Å². The predicted molar refractivity (Wildman–Crippen MR) is 76.4 cm³/mol. The molecule has 0 bridgehead atoms. The Kier molecular flexibility index (Phi) is 5.25. The van der Waals surface area contributed by atoms with Crippen LogP contribution in [0.5, 0.6) is 0 Å². The standard InChI is InChI=1S/C14H16F2N2O3S/c1-10(2-3-11-4-5-13(15)14(16)8-11)18-22(19,20)9-12-6-7-21-17-12/h4-8,10,18H,2-3,9H2,1H3/t10-/m1/s1. The minimum Gasteiger partial charge on any atom is -0.364 e. The molecule has 0 spiro atoms. The van der Waals surface area contributed by atoms with E-state index in [9.17, 15) is 17.2 Å². The van der Waals surface area contributed by atoms with Crippen LogP contribution in [0.1, 0.15) is 24.6 Å². The molecule has 0 amide bonds. The van der Waals surface area contributed by atoms with Gasteiger partial charge in [-0.25, -0.2) is 21.9 Å². The summed E-state index contributed by atoms with van der Waals surface area (Å²) in [6.45, 7) is 1.71. The van der Waals surface area contributed by atoms with E-state index in [1.165, 1.54) is 18.4 Å². The normalized spacial score (nSPS) is 13.2. The van der Waals surface area contributed by atoms with E-state index in [1.807, 2.05) is 0 Å². The molecule has 5 nitrogen and oxygen atoms in total. The maximum Gasteiger partial charge on any atom is 0.217 e. The topological polar surface area (TPSA) is 72.2 Å². The smallest absolute Gasteiger partial charge is 0.217 e. The van der Waals surface area contributed by atoms with Gasteiger partial charge in [0.25, 0.3) is 0 Å². The summed E-state index contributed by atoms with van der Waals surface area (Å²) in [5.41, 5.74) is 0.932. The van der Waals surface area contributed by atoms with Crippen molar-refractivity contribution < 1.29 is 21.7 Å². The first-order chi connectivity index (χ1) is 10.4. The van der Waals surface area contributed by atoms with Gasteiger partial charge in [-0.3, -0.25) is 0 Å². The number of benzene rings is 1. The Hall–Kier alpha value is -1.80. The lowest BCUT2D eigenvalue weighted by molar-refractivity contribution is 0.413. The first kappa shape index (κ1) is 16.6. The van der Waals surface area contributed by atoms with Gasteiger partial charge in [0.2, 0.25) is 10.0 Å². The first-order valence-electron chi connectivity index (χ1n) is 6.69. The lowest BCUT2D eigenvalue weighted by atomic mass is 10.1. The Labute approximate surface area is 127 Å². The summed E-state index contributed by atoms with van der Waals surface area (Å²) in [4.78, 5) is 0. The van der Waals surface area contributed by atoms with Crippen molar-refractivity contribution in [3.8, 4) is 0 Å². The molecule has 120 valence electrons. The Morgan fingerprint density at radius 1 is 1.27 bits per heavy atom. The van der Waals surface area contributed by atoms with Crippen LogP contribution in [-0.4, -0.2) is 19.6 Å². The summed E-state index contributed by atoms with van der Waals surface area (Å²) in [5, 5.41) is 3.55. The van der Waals surface area contributed by atoms with Crippen LogP contribution in [0.4, 0.5) is 8.78 Å². The van der Waals surface area contributed by atoms with Gasteiger partial charge in [0, 0.05) is 12.1 Å². The highest BCUT2D eigenvalue weighted by Gasteiger charge is 2.17. The van der Waals surface area contributed by atoms with E-state index >= 15 is 0 Å². The molecule has 0 saturated carbocycles. The van der Waals surface area contributed by atoms with E-state index in [0.717, 1.165) is 12.1 Å². The van der Waals surface area contributed by atoms with Crippen LogP contribution >= 0.6 is 0 Å². The number of nitrogens with one attached hydrogen (secondary N) is 1. The molecule has 1 aromatic carbocycles. The molecule has 0 aliphatic carbocycles. The molecule has 0 unspecified atom stereocenters. The molecule has 2 rings (SSSR count). The second kappa shape index (κ2) is 6.97. The zero-order chi connectivity index (χ0) is 16.2. The minimum atomic E-state index is -3.53. The molecule has 0 saturated heterocycles. The summed E-state index contributed by atoms with van der Waals surface area (Å²) in [6, 6.07) is 4.79. The average Bonchev–Trinajstić information content (AvgIpc) is 2.91. The second-order valence-electron chi connectivity index (χ2n) is 5.06. The van der Waals surface area contributed by atoms with Gasteiger partial charge in [0.05, 0.1) is 5.69 Å². The first-order valence-corrected chi connectivity index (χ1v) is 8.34. The summed E-state index contributed by atoms with van der Waals surface area (Å²) in [6.07, 6.45) is 2.20. The third-order valence-corrected chi connectivity index (χ3v) is 4.50. The molecular weight excluding hydrogens is 314 g/mol. The van der Waals surface area contributed by atoms with Crippen LogP contribution in [0, 0.1) is 11.6 Å². The summed E-state index contributed by atoms with van der Waals surface area (Å²) < 4.78 is 56.8. The number of hydrogen-bond donors (Lipinski definition) is 1. The Bertz CT molecular complexity index is 718. The van der Waals surface area contributed by atoms with Crippen molar-refractivity contribution >= 4 is 10.0 Å². The third kappa shape index (κ3) is 4.88. The second-order valence-corrected chi connectivity index (χ2v) is 6.81. The highest BCUT2D eigenvalue weighted by atomic mass is 32.2. The van der Waals surface area contributed by atoms with Gasteiger partial charge < -0.3 is 4.52 Å². The molecule has 1 N–H and O–H groups in total. The maximum absolute atomic E-state index is 13.1. The summed E-state index contributed by atoms with van der Waals surface area (Å²) >= 11 is 0. The predicted octanol–water partition coefficient (Wildman–Crippen LogP) is 2.39. The molecule has 1 atom stereocenters. The van der Waals surface area contributed by atoms with Gasteiger partial charge in [-0.15, -0.1) is 0 Å². The minimum absolute atomic E-state index is 0.265. The quantitative estimate of drug-likeness (QED) is 0.846. The highest BCUT2D eigenvalue weighted by Crippen LogP contribution is 2.12. The van der Waals surface area contributed by atoms with Crippen LogP contribution in [0.15, 0.2) is 35.1 Å². The Morgan fingerprint density at radius 2 is 2.05 bits per heavy atom. The molecular formula is C14H16F2N2O3S. The molecule has 22 heavy (non-hydrogen) atoms. The average molecular weight is 330 g/mol. The summed E-state index contributed by atoms with van der Waals surface area (Å²) in [7, 11) is -3.53. The van der Waals surface area contributed by atoms with E-state index in [1.54, 1.807) is 6.92 Å². The third-order valence-electron chi connectivity index (χ3n) is 3.06. The number of rotatable bonds is 7. The van der Waals surface area contributed by atoms with Gasteiger partial charge in [-0.05, 0) is 37.5 Å². The van der Waals surface area contributed by atoms with Crippen LogP contribution in [0.3, 0.4) is 0 Å². The van der Waals surface area contributed by atoms with Crippen molar-refractivity contribution in [1.29, 1.82) is 0 Å². The van der Waals surface area contributed by atoms with Crippen molar-refractivity contribution in [3.63, 3.8) is 0 Å². The molecule has 8 heteroatoms. The van der Waals surface area contributed by atoms with Crippen molar-refractivity contribution in [2.75, 3.05) is 0 Å². The molecule has 0 fully saturated rings. The molecule has 0 aliphatic rings. The Balaban J connectivity index is 1.86. The van der Waals surface area contributed by atoms with Gasteiger partial charge >= 0.3 is 0 Å². The number of aromatic nitrogens is 1. The number of aryl methyl sites for hydroxylation is 1. The van der Waals surface area contributed by atoms with E-state index in [-0.39, 0.29) is 11.8 Å². The fraction of sp³-hybridized carbons (Fsp3) is 0.357. The van der Waals surface area contributed by atoms with Gasteiger partial charge in [0.1, 0.15) is 12.0 Å². The van der Waals surface area contributed by atoms with Gasteiger partial charge in [-0.1, -0.05) is 11.2 Å². The van der Waals surface area contributed by atoms with Crippen molar-refractivity contribution in [2.45, 2.75) is 31.6 Å². The lowest BCUT2D eigenvalue weighted by Crippen LogP contribution is -2.33. The van der Waals surface area contributed by atoms with Gasteiger partial charge in [-0.2, -0.15) is 0 Å². The van der Waals surface area contributed by atoms with Crippen molar-refractivity contribution in [1.82, 2.24) is 9.88 Å². The number of halogens is 2. The maximum atomic E-state index is 13.1. The van der Waals surface area contributed by atoms with Crippen LogP contribution < -0.4 is 4.72 Å². The zero-order valence-electron chi connectivity index (χ0n) is 11.9. The zero-order valence-corrected chi connectivity index (χ0v) is 12.7. The monoisotopic (exact) mass is 330 g/mol. The molecule has 1 aromatic heterocycles.